The van der Waals surface area contributed by atoms with Crippen molar-refractivity contribution in [2.45, 2.75) is 32.5 Å². The molecule has 2 N–H and O–H groups in total. The Bertz CT molecular complexity index is 565. The lowest BCUT2D eigenvalue weighted by Gasteiger charge is -2.30. The maximum atomic E-state index is 6.22. The fourth-order valence-electron chi connectivity index (χ4n) is 2.52. The molecule has 0 fully saturated rings. The van der Waals surface area contributed by atoms with Gasteiger partial charge in [0.15, 0.2) is 0 Å². The molecule has 1 heterocycles. The Morgan fingerprint density at radius 2 is 1.95 bits per heavy atom. The first-order valence-corrected chi connectivity index (χ1v) is 8.35. The van der Waals surface area contributed by atoms with Crippen LogP contribution < -0.4 is 5.73 Å². The summed E-state index contributed by atoms with van der Waals surface area (Å²) >= 11 is 5.30. The normalized spacial score (nSPS) is 14.5. The Morgan fingerprint density at radius 1 is 1.25 bits per heavy atom. The second-order valence-corrected chi connectivity index (χ2v) is 7.78. The van der Waals surface area contributed by atoms with Crippen molar-refractivity contribution in [2.75, 3.05) is 7.05 Å². The molecule has 1 aromatic heterocycles. The van der Waals surface area contributed by atoms with E-state index in [2.05, 4.69) is 78.1 Å². The maximum Gasteiger partial charge on any atom is 0.0702 e. The molecule has 0 spiro atoms. The lowest BCUT2D eigenvalue weighted by Crippen LogP contribution is -2.36. The number of likely N-dealkylation sites (N-methyl/N-ethyl adjacent to an activating group) is 1. The van der Waals surface area contributed by atoms with Gasteiger partial charge in [0, 0.05) is 17.5 Å². The van der Waals surface area contributed by atoms with Gasteiger partial charge in [-0.05, 0) is 60.1 Å². The predicted octanol–water partition coefficient (Wildman–Crippen LogP) is 4.34. The Hall–Kier alpha value is -0.680. The van der Waals surface area contributed by atoms with Crippen LogP contribution in [0.2, 0.25) is 0 Å². The smallest absolute Gasteiger partial charge is 0.0702 e. The Labute approximate surface area is 133 Å². The molecule has 2 aromatic rings. The Balaban J connectivity index is 2.20. The number of halogens is 1. The average molecular weight is 353 g/mol. The van der Waals surface area contributed by atoms with E-state index in [1.54, 1.807) is 11.3 Å². The molecule has 1 aromatic carbocycles. The summed E-state index contributed by atoms with van der Waals surface area (Å²) in [6.07, 6.45) is 0. The topological polar surface area (TPSA) is 29.3 Å². The van der Waals surface area contributed by atoms with Crippen LogP contribution in [0.15, 0.2) is 40.2 Å². The van der Waals surface area contributed by atoms with E-state index in [-0.39, 0.29) is 12.1 Å². The van der Waals surface area contributed by atoms with Gasteiger partial charge < -0.3 is 5.73 Å². The van der Waals surface area contributed by atoms with Crippen molar-refractivity contribution in [2.24, 2.45) is 5.73 Å². The minimum absolute atomic E-state index is 0.0922. The molecule has 2 atom stereocenters. The number of hydrogen-bond acceptors (Lipinski definition) is 3. The van der Waals surface area contributed by atoms with Crippen molar-refractivity contribution in [3.8, 4) is 0 Å². The van der Waals surface area contributed by atoms with E-state index < -0.39 is 0 Å². The molecule has 0 aliphatic heterocycles. The number of aryl methyl sites for hydroxylation is 1. The zero-order valence-corrected chi connectivity index (χ0v) is 14.5. The molecule has 0 aliphatic rings. The largest absolute Gasteiger partial charge is 0.326 e. The first kappa shape index (κ1) is 15.7. The van der Waals surface area contributed by atoms with Crippen LogP contribution in [0.25, 0.3) is 0 Å². The van der Waals surface area contributed by atoms with Crippen molar-refractivity contribution in [3.05, 3.63) is 56.2 Å². The van der Waals surface area contributed by atoms with Crippen molar-refractivity contribution in [1.29, 1.82) is 0 Å². The number of benzene rings is 1. The van der Waals surface area contributed by atoms with Crippen LogP contribution in [-0.4, -0.2) is 18.0 Å². The molecule has 0 saturated heterocycles. The van der Waals surface area contributed by atoms with Crippen molar-refractivity contribution in [1.82, 2.24) is 4.90 Å². The highest BCUT2D eigenvalue weighted by atomic mass is 79.9. The zero-order valence-electron chi connectivity index (χ0n) is 12.1. The van der Waals surface area contributed by atoms with Gasteiger partial charge in [-0.25, -0.2) is 0 Å². The van der Waals surface area contributed by atoms with Gasteiger partial charge in [0.2, 0.25) is 0 Å². The van der Waals surface area contributed by atoms with Gasteiger partial charge in [-0.2, -0.15) is 0 Å². The van der Waals surface area contributed by atoms with Gasteiger partial charge >= 0.3 is 0 Å². The summed E-state index contributed by atoms with van der Waals surface area (Å²) in [6, 6.07) is 13.1. The first-order valence-electron chi connectivity index (χ1n) is 6.74. The maximum absolute atomic E-state index is 6.22. The van der Waals surface area contributed by atoms with Gasteiger partial charge in [-0.3, -0.25) is 4.90 Å². The SMILES string of the molecule is Cc1ccccc1CN(C)C(c1ccc(Br)s1)C(C)N. The summed E-state index contributed by atoms with van der Waals surface area (Å²) in [4.78, 5) is 3.65. The van der Waals surface area contributed by atoms with Crippen molar-refractivity contribution < 1.29 is 0 Å². The third-order valence-corrected chi connectivity index (χ3v) is 5.23. The number of rotatable bonds is 5. The highest BCUT2D eigenvalue weighted by Gasteiger charge is 2.23. The molecule has 0 amide bonds. The monoisotopic (exact) mass is 352 g/mol. The van der Waals surface area contributed by atoms with Gasteiger partial charge in [-0.15, -0.1) is 11.3 Å². The second kappa shape index (κ2) is 6.85. The molecule has 0 aliphatic carbocycles. The van der Waals surface area contributed by atoms with E-state index in [1.165, 1.54) is 16.0 Å². The number of hydrogen-bond donors (Lipinski definition) is 1. The second-order valence-electron chi connectivity index (χ2n) is 5.29. The Kier molecular flexibility index (Phi) is 5.38. The fraction of sp³-hybridized carbons (Fsp3) is 0.375. The molecular weight excluding hydrogens is 332 g/mol. The fourth-order valence-corrected chi connectivity index (χ4v) is 4.23. The number of nitrogens with zero attached hydrogens (tertiary/aromatic N) is 1. The van der Waals surface area contributed by atoms with E-state index in [1.807, 2.05) is 0 Å². The minimum atomic E-state index is 0.0922. The molecule has 0 saturated carbocycles. The van der Waals surface area contributed by atoms with Crippen LogP contribution in [0.1, 0.15) is 29.0 Å². The van der Waals surface area contributed by atoms with Crippen molar-refractivity contribution in [3.63, 3.8) is 0 Å². The van der Waals surface area contributed by atoms with Gasteiger partial charge in [-0.1, -0.05) is 24.3 Å². The van der Waals surface area contributed by atoms with E-state index in [0.717, 1.165) is 10.3 Å². The Morgan fingerprint density at radius 3 is 2.50 bits per heavy atom. The summed E-state index contributed by atoms with van der Waals surface area (Å²) in [5.41, 5.74) is 8.91. The summed E-state index contributed by atoms with van der Waals surface area (Å²) in [5.74, 6) is 0. The number of nitrogens with two attached hydrogens (primary N) is 1. The van der Waals surface area contributed by atoms with E-state index >= 15 is 0 Å². The summed E-state index contributed by atoms with van der Waals surface area (Å²) in [5, 5.41) is 0. The van der Waals surface area contributed by atoms with E-state index in [0.29, 0.717) is 0 Å². The zero-order chi connectivity index (χ0) is 14.7. The third-order valence-electron chi connectivity index (χ3n) is 3.54. The molecule has 0 bridgehead atoms. The number of thiophene rings is 1. The highest BCUT2D eigenvalue weighted by molar-refractivity contribution is 9.11. The van der Waals surface area contributed by atoms with Crippen LogP contribution in [0, 0.1) is 6.92 Å². The summed E-state index contributed by atoms with van der Waals surface area (Å²) in [6.45, 7) is 5.15. The van der Waals surface area contributed by atoms with Crippen molar-refractivity contribution >= 4 is 27.3 Å². The van der Waals surface area contributed by atoms with Crippen LogP contribution in [0.4, 0.5) is 0 Å². The molecule has 4 heteroatoms. The lowest BCUT2D eigenvalue weighted by atomic mass is 10.0. The predicted molar refractivity (Wildman–Crippen MR) is 91.1 cm³/mol. The summed E-state index contributed by atoms with van der Waals surface area (Å²) in [7, 11) is 2.15. The van der Waals surface area contributed by atoms with Crippen LogP contribution >= 0.6 is 27.3 Å². The van der Waals surface area contributed by atoms with Crippen LogP contribution in [0.5, 0.6) is 0 Å². The quantitative estimate of drug-likeness (QED) is 0.866. The lowest BCUT2D eigenvalue weighted by molar-refractivity contribution is 0.214. The molecular formula is C16H21BrN2S. The minimum Gasteiger partial charge on any atom is -0.326 e. The molecule has 2 unspecified atom stereocenters. The third kappa shape index (κ3) is 3.70. The molecule has 108 valence electrons. The van der Waals surface area contributed by atoms with Crippen LogP contribution in [0.3, 0.4) is 0 Å². The molecule has 20 heavy (non-hydrogen) atoms. The van der Waals surface area contributed by atoms with Gasteiger partial charge in [0.25, 0.3) is 0 Å². The van der Waals surface area contributed by atoms with Gasteiger partial charge in [0.1, 0.15) is 0 Å². The summed E-state index contributed by atoms with van der Waals surface area (Å²) < 4.78 is 1.16. The van der Waals surface area contributed by atoms with E-state index in [9.17, 15) is 0 Å². The first-order chi connectivity index (χ1) is 9.49. The molecule has 2 nitrogen and oxygen atoms in total. The van der Waals surface area contributed by atoms with Crippen LogP contribution in [-0.2, 0) is 6.54 Å². The molecule has 2 rings (SSSR count). The van der Waals surface area contributed by atoms with E-state index in [4.69, 9.17) is 5.73 Å². The average Bonchev–Trinajstić information content (AvgIpc) is 2.78. The van der Waals surface area contributed by atoms with Gasteiger partial charge in [0.05, 0.1) is 9.83 Å². The standard InChI is InChI=1S/C16H21BrN2S/c1-11-6-4-5-7-13(11)10-19(3)16(12(2)18)14-8-9-15(17)20-14/h4-9,12,16H,10,18H2,1-3H3. The highest BCUT2D eigenvalue weighted by Crippen LogP contribution is 2.32. The molecule has 0 radical (unpaired) electrons.